The number of hydrogen-bond acceptors (Lipinski definition) is 7. The van der Waals surface area contributed by atoms with Crippen LogP contribution in [0, 0.1) is 0 Å². The van der Waals surface area contributed by atoms with Gasteiger partial charge in [0.1, 0.15) is 0 Å². The number of nitrogens with zero attached hydrogens (tertiary/aromatic N) is 4. The van der Waals surface area contributed by atoms with Crippen molar-refractivity contribution in [3.8, 4) is 10.7 Å². The number of aliphatic hydroxyl groups is 1. The van der Waals surface area contributed by atoms with Gasteiger partial charge in [0.2, 0.25) is 11.7 Å². The predicted octanol–water partition coefficient (Wildman–Crippen LogP) is 1.84. The van der Waals surface area contributed by atoms with Crippen LogP contribution in [0.4, 0.5) is 13.2 Å². The van der Waals surface area contributed by atoms with Crippen molar-refractivity contribution in [3.05, 3.63) is 23.4 Å². The Bertz CT molecular complexity index is 639. The Morgan fingerprint density at radius 1 is 1.25 bits per heavy atom. The van der Waals surface area contributed by atoms with Crippen molar-refractivity contribution in [2.75, 3.05) is 32.7 Å². The molecule has 0 aliphatic carbocycles. The molecule has 1 atom stereocenters. The van der Waals surface area contributed by atoms with Gasteiger partial charge in [0.15, 0.2) is 6.10 Å². The minimum absolute atomic E-state index is 0.388. The van der Waals surface area contributed by atoms with Crippen LogP contribution in [0.25, 0.3) is 10.7 Å². The minimum atomic E-state index is -4.57. The van der Waals surface area contributed by atoms with Gasteiger partial charge in [-0.2, -0.15) is 18.2 Å². The van der Waals surface area contributed by atoms with Gasteiger partial charge in [0, 0.05) is 32.7 Å². The summed E-state index contributed by atoms with van der Waals surface area (Å²) in [6.45, 7) is 2.16. The molecule has 132 valence electrons. The molecule has 1 unspecified atom stereocenters. The van der Waals surface area contributed by atoms with Crippen molar-refractivity contribution in [2.24, 2.45) is 0 Å². The molecule has 0 spiro atoms. The highest BCUT2D eigenvalue weighted by Gasteiger charge is 2.39. The van der Waals surface area contributed by atoms with Gasteiger partial charge in [-0.15, -0.1) is 11.3 Å². The maximum atomic E-state index is 12.4. The zero-order valence-electron chi connectivity index (χ0n) is 12.7. The highest BCUT2D eigenvalue weighted by molar-refractivity contribution is 7.13. The first-order chi connectivity index (χ1) is 11.4. The summed E-state index contributed by atoms with van der Waals surface area (Å²) in [5, 5.41) is 15.0. The van der Waals surface area contributed by atoms with E-state index in [9.17, 15) is 13.2 Å². The van der Waals surface area contributed by atoms with E-state index in [0.29, 0.717) is 44.4 Å². The maximum Gasteiger partial charge on any atom is 0.415 e. The molecule has 0 aromatic carbocycles. The van der Waals surface area contributed by atoms with Gasteiger partial charge in [-0.1, -0.05) is 11.2 Å². The van der Waals surface area contributed by atoms with Gasteiger partial charge in [-0.3, -0.25) is 9.80 Å². The summed E-state index contributed by atoms with van der Waals surface area (Å²) < 4.78 is 42.3. The van der Waals surface area contributed by atoms with Crippen LogP contribution in [-0.2, 0) is 6.54 Å². The second-order valence-corrected chi connectivity index (χ2v) is 6.57. The molecule has 0 saturated carbocycles. The first-order valence-electron chi connectivity index (χ1n) is 7.48. The average molecular weight is 362 g/mol. The molecule has 0 amide bonds. The van der Waals surface area contributed by atoms with E-state index in [-0.39, 0.29) is 6.54 Å². The highest BCUT2D eigenvalue weighted by atomic mass is 32.1. The lowest BCUT2D eigenvalue weighted by molar-refractivity contribution is -0.209. The van der Waals surface area contributed by atoms with E-state index in [0.717, 1.165) is 4.88 Å². The monoisotopic (exact) mass is 362 g/mol. The number of hydrogen-bond donors (Lipinski definition) is 1. The van der Waals surface area contributed by atoms with Crippen LogP contribution in [0.5, 0.6) is 0 Å². The van der Waals surface area contributed by atoms with E-state index >= 15 is 0 Å². The van der Waals surface area contributed by atoms with Crippen molar-refractivity contribution in [3.63, 3.8) is 0 Å². The van der Waals surface area contributed by atoms with Gasteiger partial charge >= 0.3 is 6.18 Å². The first kappa shape index (κ1) is 17.3. The SMILES string of the molecule is OC(CN1CCN(Cc2nc(-c3cccs3)no2)CC1)C(F)(F)F. The second-order valence-electron chi connectivity index (χ2n) is 5.62. The number of aliphatic hydroxyl groups excluding tert-OH is 1. The van der Waals surface area contributed by atoms with Crippen molar-refractivity contribution >= 4 is 11.3 Å². The number of alkyl halides is 3. The Morgan fingerprint density at radius 3 is 2.58 bits per heavy atom. The smallest absolute Gasteiger partial charge is 0.382 e. The summed E-state index contributed by atoms with van der Waals surface area (Å²) in [5.74, 6) is 1.04. The Morgan fingerprint density at radius 2 is 1.96 bits per heavy atom. The summed E-state index contributed by atoms with van der Waals surface area (Å²) in [6.07, 6.45) is -6.87. The van der Waals surface area contributed by atoms with E-state index in [2.05, 4.69) is 10.1 Å². The third kappa shape index (κ3) is 4.32. The van der Waals surface area contributed by atoms with Gasteiger partial charge in [0.25, 0.3) is 0 Å². The molecule has 1 saturated heterocycles. The summed E-state index contributed by atoms with van der Waals surface area (Å²) in [7, 11) is 0. The predicted molar refractivity (Wildman–Crippen MR) is 81.4 cm³/mol. The average Bonchev–Trinajstić information content (AvgIpc) is 3.19. The summed E-state index contributed by atoms with van der Waals surface area (Å²) in [6, 6.07) is 3.81. The van der Waals surface area contributed by atoms with Crippen LogP contribution in [0.1, 0.15) is 5.89 Å². The molecule has 2 aromatic heterocycles. The van der Waals surface area contributed by atoms with Gasteiger partial charge in [-0.25, -0.2) is 0 Å². The molecule has 1 aliphatic heterocycles. The van der Waals surface area contributed by atoms with Crippen molar-refractivity contribution in [2.45, 2.75) is 18.8 Å². The van der Waals surface area contributed by atoms with E-state index in [1.54, 1.807) is 4.90 Å². The van der Waals surface area contributed by atoms with Gasteiger partial charge in [0.05, 0.1) is 11.4 Å². The van der Waals surface area contributed by atoms with Crippen LogP contribution >= 0.6 is 11.3 Å². The number of piperazine rings is 1. The molecule has 10 heteroatoms. The number of halogens is 3. The Balaban J connectivity index is 1.47. The molecule has 2 aromatic rings. The maximum absolute atomic E-state index is 12.4. The van der Waals surface area contributed by atoms with E-state index in [1.165, 1.54) is 11.3 Å². The topological polar surface area (TPSA) is 65.6 Å². The van der Waals surface area contributed by atoms with E-state index in [1.807, 2.05) is 22.4 Å². The molecule has 1 fully saturated rings. The fourth-order valence-corrected chi connectivity index (χ4v) is 3.14. The number of β-amino-alcohol motifs (C(OH)–C–C–N with tert-alkyl or cyclic N) is 1. The minimum Gasteiger partial charge on any atom is -0.382 e. The normalized spacial score (nSPS) is 18.8. The van der Waals surface area contributed by atoms with E-state index in [4.69, 9.17) is 9.63 Å². The van der Waals surface area contributed by atoms with Crippen molar-refractivity contribution in [1.29, 1.82) is 0 Å². The Labute approximate surface area is 140 Å². The standard InChI is InChI=1S/C14H17F3N4O2S/c15-14(16,17)11(22)8-20-3-5-21(6-4-20)9-12-18-13(19-23-12)10-2-1-7-24-10/h1-2,7,11,22H,3-6,8-9H2. The molecule has 3 rings (SSSR count). The number of aromatic nitrogens is 2. The van der Waals surface area contributed by atoms with Crippen LogP contribution < -0.4 is 0 Å². The Hall–Kier alpha value is -1.49. The lowest BCUT2D eigenvalue weighted by atomic mass is 10.2. The molecule has 1 aliphatic rings. The molecule has 6 nitrogen and oxygen atoms in total. The molecular weight excluding hydrogens is 345 g/mol. The van der Waals surface area contributed by atoms with Gasteiger partial charge < -0.3 is 9.63 Å². The van der Waals surface area contributed by atoms with Crippen LogP contribution in [0.3, 0.4) is 0 Å². The zero-order chi connectivity index (χ0) is 17.2. The largest absolute Gasteiger partial charge is 0.415 e. The molecular formula is C14H17F3N4O2S. The molecule has 0 bridgehead atoms. The van der Waals surface area contributed by atoms with E-state index < -0.39 is 12.3 Å². The first-order valence-corrected chi connectivity index (χ1v) is 8.36. The molecule has 3 heterocycles. The molecule has 24 heavy (non-hydrogen) atoms. The molecule has 1 N–H and O–H groups in total. The summed E-state index contributed by atoms with van der Waals surface area (Å²) >= 11 is 1.52. The Kier molecular flexibility index (Phi) is 5.18. The lowest BCUT2D eigenvalue weighted by Crippen LogP contribution is -2.50. The summed E-state index contributed by atoms with van der Waals surface area (Å²) in [5.41, 5.74) is 0. The second kappa shape index (κ2) is 7.18. The van der Waals surface area contributed by atoms with Crippen LogP contribution in [-0.4, -0.2) is 70.1 Å². The fraction of sp³-hybridized carbons (Fsp3) is 0.571. The van der Waals surface area contributed by atoms with Crippen LogP contribution in [0.2, 0.25) is 0 Å². The third-order valence-electron chi connectivity index (χ3n) is 3.84. The lowest BCUT2D eigenvalue weighted by Gasteiger charge is -2.35. The quantitative estimate of drug-likeness (QED) is 0.876. The van der Waals surface area contributed by atoms with Crippen molar-refractivity contribution < 1.29 is 22.8 Å². The van der Waals surface area contributed by atoms with Gasteiger partial charge in [-0.05, 0) is 11.4 Å². The van der Waals surface area contributed by atoms with Crippen molar-refractivity contribution in [1.82, 2.24) is 19.9 Å². The molecule has 0 radical (unpaired) electrons. The number of thiophene rings is 1. The highest BCUT2D eigenvalue weighted by Crippen LogP contribution is 2.23. The summed E-state index contributed by atoms with van der Waals surface area (Å²) in [4.78, 5) is 8.92. The third-order valence-corrected chi connectivity index (χ3v) is 4.71. The number of rotatable bonds is 5. The zero-order valence-corrected chi connectivity index (χ0v) is 13.6. The van der Waals surface area contributed by atoms with Crippen LogP contribution in [0.15, 0.2) is 22.0 Å². The fourth-order valence-electron chi connectivity index (χ4n) is 2.49.